The lowest BCUT2D eigenvalue weighted by atomic mass is 10.0. The van der Waals surface area contributed by atoms with Crippen molar-refractivity contribution >= 4 is 16.8 Å². The van der Waals surface area contributed by atoms with E-state index in [1.54, 1.807) is 0 Å². The molecule has 124 valence electrons. The molecule has 2 unspecified atom stereocenters. The molecule has 0 spiro atoms. The van der Waals surface area contributed by atoms with Gasteiger partial charge in [-0.3, -0.25) is 4.79 Å². The van der Waals surface area contributed by atoms with Gasteiger partial charge in [0.1, 0.15) is 0 Å². The molecule has 0 saturated carbocycles. The molecule has 1 amide bonds. The van der Waals surface area contributed by atoms with E-state index in [0.29, 0.717) is 12.0 Å². The van der Waals surface area contributed by atoms with Crippen LogP contribution in [0.2, 0.25) is 0 Å². The molecule has 0 saturated heterocycles. The van der Waals surface area contributed by atoms with Gasteiger partial charge in [-0.25, -0.2) is 0 Å². The molecule has 3 rings (SSSR count). The monoisotopic (exact) mass is 322 g/mol. The van der Waals surface area contributed by atoms with Crippen LogP contribution in [0.5, 0.6) is 0 Å². The minimum Gasteiger partial charge on any atom is -0.388 e. The van der Waals surface area contributed by atoms with Gasteiger partial charge < -0.3 is 15.0 Å². The van der Waals surface area contributed by atoms with Crippen molar-refractivity contribution in [1.29, 1.82) is 0 Å². The number of carbonyl (C=O) groups excluding carboxylic acids is 1. The molecule has 0 aliphatic rings. The van der Waals surface area contributed by atoms with Crippen molar-refractivity contribution in [2.45, 2.75) is 25.5 Å². The molecule has 2 aromatic carbocycles. The number of aryl methyl sites for hydroxylation is 1. The maximum Gasteiger partial charge on any atom is 0.252 e. The average molecular weight is 322 g/mol. The minimum atomic E-state index is -0.589. The van der Waals surface area contributed by atoms with Crippen LogP contribution in [0.1, 0.15) is 35.4 Å². The van der Waals surface area contributed by atoms with E-state index in [2.05, 4.69) is 5.32 Å². The summed E-state index contributed by atoms with van der Waals surface area (Å²) in [4.78, 5) is 12.6. The molecule has 0 radical (unpaired) electrons. The van der Waals surface area contributed by atoms with E-state index in [-0.39, 0.29) is 11.9 Å². The molecule has 4 heteroatoms. The zero-order valence-corrected chi connectivity index (χ0v) is 13.9. The summed E-state index contributed by atoms with van der Waals surface area (Å²) in [5, 5.41) is 14.2. The second-order valence-electron chi connectivity index (χ2n) is 6.20. The number of hydrogen-bond donors (Lipinski definition) is 2. The summed E-state index contributed by atoms with van der Waals surface area (Å²) in [5.74, 6) is -0.112. The van der Waals surface area contributed by atoms with Crippen LogP contribution >= 0.6 is 0 Å². The molecule has 24 heavy (non-hydrogen) atoms. The summed E-state index contributed by atoms with van der Waals surface area (Å²) in [5.41, 5.74) is 2.55. The smallest absolute Gasteiger partial charge is 0.252 e. The van der Waals surface area contributed by atoms with Gasteiger partial charge in [0.2, 0.25) is 0 Å². The van der Waals surface area contributed by atoms with E-state index < -0.39 is 6.10 Å². The fraction of sp³-hybridized carbons (Fsp3) is 0.250. The third-order valence-corrected chi connectivity index (χ3v) is 4.31. The van der Waals surface area contributed by atoms with Gasteiger partial charge in [0.25, 0.3) is 5.91 Å². The molecule has 0 aliphatic heterocycles. The van der Waals surface area contributed by atoms with Crippen LogP contribution in [0.3, 0.4) is 0 Å². The van der Waals surface area contributed by atoms with E-state index >= 15 is 0 Å². The van der Waals surface area contributed by atoms with Crippen molar-refractivity contribution in [2.24, 2.45) is 7.05 Å². The van der Waals surface area contributed by atoms with E-state index in [9.17, 15) is 9.90 Å². The Labute approximate surface area is 141 Å². The Morgan fingerprint density at radius 3 is 2.62 bits per heavy atom. The third-order valence-electron chi connectivity index (χ3n) is 4.31. The first-order valence-corrected chi connectivity index (χ1v) is 8.14. The summed E-state index contributed by atoms with van der Waals surface area (Å²) < 4.78 is 1.99. The Bertz CT molecular complexity index is 839. The molecule has 2 N–H and O–H groups in total. The first kappa shape index (κ1) is 16.3. The van der Waals surface area contributed by atoms with Gasteiger partial charge in [0.15, 0.2) is 0 Å². The van der Waals surface area contributed by atoms with Crippen molar-refractivity contribution in [1.82, 2.24) is 9.88 Å². The van der Waals surface area contributed by atoms with Gasteiger partial charge in [-0.15, -0.1) is 0 Å². The lowest BCUT2D eigenvalue weighted by Gasteiger charge is -2.18. The van der Waals surface area contributed by atoms with Crippen LogP contribution < -0.4 is 5.32 Å². The third kappa shape index (κ3) is 3.34. The maximum absolute atomic E-state index is 12.6. The molecule has 4 nitrogen and oxygen atoms in total. The normalized spacial score (nSPS) is 13.6. The van der Waals surface area contributed by atoms with E-state index in [1.165, 1.54) is 0 Å². The molecule has 1 heterocycles. The van der Waals surface area contributed by atoms with Crippen LogP contribution in [0, 0.1) is 0 Å². The number of nitrogens with one attached hydrogen (secondary N) is 1. The van der Waals surface area contributed by atoms with Crippen LogP contribution in [0.25, 0.3) is 10.9 Å². The fourth-order valence-electron chi connectivity index (χ4n) is 3.01. The molecule has 0 bridgehead atoms. The zero-order chi connectivity index (χ0) is 17.1. The summed E-state index contributed by atoms with van der Waals surface area (Å²) in [7, 11) is 1.96. The molecular formula is C20H22N2O2. The summed E-state index contributed by atoms with van der Waals surface area (Å²) in [6.07, 6.45) is 1.83. The van der Waals surface area contributed by atoms with Crippen LogP contribution in [0.4, 0.5) is 0 Å². The summed E-state index contributed by atoms with van der Waals surface area (Å²) >= 11 is 0. The Morgan fingerprint density at radius 1 is 1.12 bits per heavy atom. The van der Waals surface area contributed by atoms with E-state index in [1.807, 2.05) is 79.3 Å². The highest BCUT2D eigenvalue weighted by Crippen LogP contribution is 2.21. The quantitative estimate of drug-likeness (QED) is 0.756. The molecule has 2 atom stereocenters. The number of rotatable bonds is 5. The molecular weight excluding hydrogens is 300 g/mol. The Morgan fingerprint density at radius 2 is 1.88 bits per heavy atom. The number of fused-ring (bicyclic) bond motifs is 1. The number of aliphatic hydroxyl groups excluding tert-OH is 1. The van der Waals surface area contributed by atoms with Crippen molar-refractivity contribution in [3.8, 4) is 0 Å². The molecule has 0 aliphatic carbocycles. The number of aromatic nitrogens is 1. The van der Waals surface area contributed by atoms with Gasteiger partial charge >= 0.3 is 0 Å². The average Bonchev–Trinajstić information content (AvgIpc) is 2.97. The molecule has 1 aromatic heterocycles. The highest BCUT2D eigenvalue weighted by Gasteiger charge is 2.17. The zero-order valence-electron chi connectivity index (χ0n) is 13.9. The lowest BCUT2D eigenvalue weighted by molar-refractivity contribution is 0.0918. The highest BCUT2D eigenvalue weighted by atomic mass is 16.3. The largest absolute Gasteiger partial charge is 0.388 e. The van der Waals surface area contributed by atoms with E-state index in [4.69, 9.17) is 0 Å². The van der Waals surface area contributed by atoms with Crippen LogP contribution in [-0.2, 0) is 7.05 Å². The van der Waals surface area contributed by atoms with Gasteiger partial charge in [-0.05, 0) is 37.1 Å². The fourth-order valence-corrected chi connectivity index (χ4v) is 3.01. The number of benzene rings is 2. The predicted octanol–water partition coefficient (Wildman–Crippen LogP) is 3.42. The summed E-state index contributed by atoms with van der Waals surface area (Å²) in [6, 6.07) is 17.0. The van der Waals surface area contributed by atoms with Crippen LogP contribution in [-0.4, -0.2) is 21.6 Å². The topological polar surface area (TPSA) is 54.3 Å². The SMILES string of the molecule is CC(CC(O)c1ccccc1)NC(=O)c1cccc2c1ccn2C. The van der Waals surface area contributed by atoms with Gasteiger partial charge in [-0.1, -0.05) is 36.4 Å². The van der Waals surface area contributed by atoms with Crippen molar-refractivity contribution in [3.63, 3.8) is 0 Å². The second kappa shape index (κ2) is 6.89. The molecule has 3 aromatic rings. The van der Waals surface area contributed by atoms with Crippen molar-refractivity contribution in [3.05, 3.63) is 71.9 Å². The minimum absolute atomic E-state index is 0.112. The number of carbonyl (C=O) groups is 1. The summed E-state index contributed by atoms with van der Waals surface area (Å²) in [6.45, 7) is 1.91. The maximum atomic E-state index is 12.6. The number of aliphatic hydroxyl groups is 1. The Kier molecular flexibility index (Phi) is 4.67. The Balaban J connectivity index is 1.70. The lowest BCUT2D eigenvalue weighted by Crippen LogP contribution is -2.33. The standard InChI is InChI=1S/C20H22N2O2/c1-14(13-19(23)15-7-4-3-5-8-15)21-20(24)17-9-6-10-18-16(17)11-12-22(18)2/h3-12,14,19,23H,13H2,1-2H3,(H,21,24). The van der Waals surface area contributed by atoms with Gasteiger partial charge in [0, 0.05) is 35.8 Å². The van der Waals surface area contributed by atoms with E-state index in [0.717, 1.165) is 16.5 Å². The molecule has 0 fully saturated rings. The first-order chi connectivity index (χ1) is 11.6. The van der Waals surface area contributed by atoms with Crippen molar-refractivity contribution in [2.75, 3.05) is 0 Å². The van der Waals surface area contributed by atoms with Crippen molar-refractivity contribution < 1.29 is 9.90 Å². The predicted molar refractivity (Wildman–Crippen MR) is 95.9 cm³/mol. The Hall–Kier alpha value is -2.59. The van der Waals surface area contributed by atoms with Crippen LogP contribution in [0.15, 0.2) is 60.8 Å². The number of nitrogens with zero attached hydrogens (tertiary/aromatic N) is 1. The van der Waals surface area contributed by atoms with Gasteiger partial charge in [0.05, 0.1) is 6.10 Å². The highest BCUT2D eigenvalue weighted by molar-refractivity contribution is 6.06. The van der Waals surface area contributed by atoms with Gasteiger partial charge in [-0.2, -0.15) is 0 Å². The second-order valence-corrected chi connectivity index (χ2v) is 6.20. The first-order valence-electron chi connectivity index (χ1n) is 8.14. The number of hydrogen-bond acceptors (Lipinski definition) is 2. The number of amides is 1.